The molecule has 1 aromatic carbocycles. The van der Waals surface area contributed by atoms with Crippen molar-refractivity contribution < 1.29 is 19.3 Å². The van der Waals surface area contributed by atoms with Crippen molar-refractivity contribution in [1.82, 2.24) is 9.88 Å². The van der Waals surface area contributed by atoms with Gasteiger partial charge in [-0.2, -0.15) is 4.98 Å². The molecule has 0 radical (unpaired) electrons. The molecule has 1 aliphatic carbocycles. The first-order valence-electron chi connectivity index (χ1n) is 14.9. The van der Waals surface area contributed by atoms with Crippen molar-refractivity contribution in [3.05, 3.63) is 52.5 Å². The van der Waals surface area contributed by atoms with Crippen LogP contribution in [0.4, 0.5) is 5.69 Å². The molecule has 1 aliphatic rings. The Kier molecular flexibility index (Phi) is 13.1. The Morgan fingerprint density at radius 2 is 1.80 bits per heavy atom. The van der Waals surface area contributed by atoms with Gasteiger partial charge in [-0.1, -0.05) is 60.7 Å². The van der Waals surface area contributed by atoms with Crippen molar-refractivity contribution in [3.8, 4) is 11.8 Å². The summed E-state index contributed by atoms with van der Waals surface area (Å²) in [4.78, 5) is 11.6. The van der Waals surface area contributed by atoms with E-state index in [1.165, 1.54) is 32.1 Å². The second-order valence-electron chi connectivity index (χ2n) is 11.1. The van der Waals surface area contributed by atoms with E-state index < -0.39 is 5.60 Å². The van der Waals surface area contributed by atoms with E-state index in [1.54, 1.807) is 13.2 Å². The maximum Gasteiger partial charge on any atom is 0.216 e. The third kappa shape index (κ3) is 9.55. The van der Waals surface area contributed by atoms with Crippen LogP contribution in [0.15, 0.2) is 46.4 Å². The first kappa shape index (κ1) is 33.1. The first-order chi connectivity index (χ1) is 19.7. The summed E-state index contributed by atoms with van der Waals surface area (Å²) in [6.07, 6.45) is 9.80. The fourth-order valence-corrected chi connectivity index (χ4v) is 6.11. The van der Waals surface area contributed by atoms with Crippen LogP contribution in [0.25, 0.3) is 6.08 Å². The van der Waals surface area contributed by atoms with Crippen molar-refractivity contribution in [3.63, 3.8) is 0 Å². The number of aliphatic hydroxyl groups is 1. The van der Waals surface area contributed by atoms with Crippen molar-refractivity contribution in [2.24, 2.45) is 16.8 Å². The zero-order valence-corrected chi connectivity index (χ0v) is 27.1. The van der Waals surface area contributed by atoms with Crippen LogP contribution >= 0.6 is 15.9 Å². The molecule has 41 heavy (non-hydrogen) atoms. The zero-order chi connectivity index (χ0) is 29.8. The Hall–Kier alpha value is -2.42. The number of halogens is 1. The van der Waals surface area contributed by atoms with Crippen LogP contribution in [0.2, 0.25) is 0 Å². The minimum absolute atomic E-state index is 0.154. The van der Waals surface area contributed by atoms with Gasteiger partial charge in [0.25, 0.3) is 0 Å². The highest BCUT2D eigenvalue weighted by molar-refractivity contribution is 9.10. The van der Waals surface area contributed by atoms with Gasteiger partial charge in [-0.25, -0.2) is 4.99 Å². The van der Waals surface area contributed by atoms with Gasteiger partial charge >= 0.3 is 0 Å². The number of aliphatic imine (C=N–C) groups is 1. The molecule has 0 saturated heterocycles. The van der Waals surface area contributed by atoms with Crippen LogP contribution in [0, 0.1) is 11.8 Å². The van der Waals surface area contributed by atoms with Gasteiger partial charge in [0, 0.05) is 41.1 Å². The third-order valence-electron chi connectivity index (χ3n) is 7.93. The fourth-order valence-electron chi connectivity index (χ4n) is 5.74. The second-order valence-corrected chi connectivity index (χ2v) is 12.0. The summed E-state index contributed by atoms with van der Waals surface area (Å²) in [5.41, 5.74) is 1.27. The van der Waals surface area contributed by atoms with E-state index in [9.17, 15) is 5.11 Å². The predicted molar refractivity (Wildman–Crippen MR) is 171 cm³/mol. The molecule has 8 heteroatoms. The molecule has 226 valence electrons. The van der Waals surface area contributed by atoms with Crippen LogP contribution in [0.1, 0.15) is 76.3 Å². The Morgan fingerprint density at radius 1 is 1.15 bits per heavy atom. The molecule has 2 unspecified atom stereocenters. The number of methoxy groups -OCH3 is 1. The summed E-state index contributed by atoms with van der Waals surface area (Å²) in [7, 11) is 5.73. The highest BCUT2D eigenvalue weighted by Crippen LogP contribution is 2.44. The molecular weight excluding hydrogens is 582 g/mol. The number of ether oxygens (including phenoxy) is 3. The van der Waals surface area contributed by atoms with Crippen molar-refractivity contribution in [2.45, 2.75) is 70.8 Å². The number of hydrogen-bond donors (Lipinski definition) is 1. The minimum atomic E-state index is -1.19. The molecule has 3 rings (SSSR count). The van der Waals surface area contributed by atoms with Gasteiger partial charge in [0.15, 0.2) is 5.90 Å². The van der Waals surface area contributed by atoms with E-state index in [0.717, 1.165) is 27.7 Å². The van der Waals surface area contributed by atoms with Gasteiger partial charge in [-0.3, -0.25) is 0 Å². The highest BCUT2D eigenvalue weighted by atomic mass is 79.9. The lowest BCUT2D eigenvalue weighted by Crippen LogP contribution is -2.40. The molecule has 1 N–H and O–H groups in total. The number of aromatic nitrogens is 1. The minimum Gasteiger partial charge on any atom is -0.484 e. The molecule has 1 saturated carbocycles. The average molecular weight is 631 g/mol. The van der Waals surface area contributed by atoms with Crippen molar-refractivity contribution >= 4 is 33.6 Å². The van der Waals surface area contributed by atoms with Crippen LogP contribution in [0.3, 0.4) is 0 Å². The maximum absolute atomic E-state index is 12.9. The van der Waals surface area contributed by atoms with Crippen LogP contribution in [-0.4, -0.2) is 61.9 Å². The lowest BCUT2D eigenvalue weighted by atomic mass is 9.71. The average Bonchev–Trinajstić information content (AvgIpc) is 2.96. The maximum atomic E-state index is 12.9. The number of hydrogen-bond acceptors (Lipinski definition) is 7. The van der Waals surface area contributed by atoms with E-state index in [2.05, 4.69) is 32.4 Å². The normalized spacial score (nSPS) is 16.7. The molecule has 2 aromatic rings. The SMILES string of the molecule is C=Cc1cc(Br)ccc1/N=C(\CC(CC1CCCCC1)C(O)(CCN(C)C)c1cc(OCC)nc(OCC)c1)OC. The topological polar surface area (TPSA) is 76.4 Å². The molecule has 7 nitrogen and oxygen atoms in total. The summed E-state index contributed by atoms with van der Waals surface area (Å²) >= 11 is 3.54. The zero-order valence-electron chi connectivity index (χ0n) is 25.5. The van der Waals surface area contributed by atoms with Crippen LogP contribution in [0.5, 0.6) is 11.8 Å². The number of pyridine rings is 1. The molecule has 0 aliphatic heterocycles. The van der Waals surface area contributed by atoms with Crippen molar-refractivity contribution in [1.29, 1.82) is 0 Å². The van der Waals surface area contributed by atoms with E-state index in [4.69, 9.17) is 19.2 Å². The molecule has 2 atom stereocenters. The summed E-state index contributed by atoms with van der Waals surface area (Å²) in [6.45, 7) is 9.49. The van der Waals surface area contributed by atoms with E-state index >= 15 is 0 Å². The Balaban J connectivity index is 2.12. The molecule has 1 heterocycles. The molecular formula is C33H48BrN3O4. The summed E-state index contributed by atoms with van der Waals surface area (Å²) in [5, 5.41) is 12.9. The number of nitrogens with zero attached hydrogens (tertiary/aromatic N) is 3. The van der Waals surface area contributed by atoms with E-state index in [1.807, 2.05) is 58.3 Å². The first-order valence-corrected chi connectivity index (χ1v) is 15.7. The van der Waals surface area contributed by atoms with Gasteiger partial charge in [0.05, 0.1) is 31.6 Å². The number of benzene rings is 1. The van der Waals surface area contributed by atoms with Crippen LogP contribution in [-0.2, 0) is 10.3 Å². The predicted octanol–water partition coefficient (Wildman–Crippen LogP) is 7.78. The largest absolute Gasteiger partial charge is 0.484 e. The van der Waals surface area contributed by atoms with E-state index in [-0.39, 0.29) is 5.92 Å². The third-order valence-corrected chi connectivity index (χ3v) is 8.43. The molecule has 0 spiro atoms. The molecule has 1 aromatic heterocycles. The Morgan fingerprint density at radius 3 is 2.37 bits per heavy atom. The molecule has 0 bridgehead atoms. The fraction of sp³-hybridized carbons (Fsp3) is 0.576. The lowest BCUT2D eigenvalue weighted by molar-refractivity contribution is -0.0463. The summed E-state index contributed by atoms with van der Waals surface area (Å²) in [5.74, 6) is 1.88. The van der Waals surface area contributed by atoms with Gasteiger partial charge in [-0.15, -0.1) is 0 Å². The van der Waals surface area contributed by atoms with Gasteiger partial charge < -0.3 is 24.2 Å². The van der Waals surface area contributed by atoms with Gasteiger partial charge in [-0.05, 0) is 70.5 Å². The Labute approximate surface area is 255 Å². The monoisotopic (exact) mass is 629 g/mol. The standard InChI is InChI=1S/C33H48BrN3O4/c1-7-25-20-28(34)15-16-29(25)35-30(39-6)21-26(19-24-13-11-10-12-14-24)33(38,17-18-37(4)5)27-22-31(40-8-2)36-32(23-27)41-9-3/h7,15-16,20,22-24,26,38H,1,8-14,17-19,21H2,2-6H3/b35-30+. The van der Waals surface area contributed by atoms with Crippen LogP contribution < -0.4 is 9.47 Å². The lowest BCUT2D eigenvalue weighted by Gasteiger charge is -2.40. The smallest absolute Gasteiger partial charge is 0.216 e. The van der Waals surface area contributed by atoms with Crippen molar-refractivity contribution in [2.75, 3.05) is 41.0 Å². The highest BCUT2D eigenvalue weighted by Gasteiger charge is 2.41. The quantitative estimate of drug-likeness (QED) is 0.160. The molecule has 1 fully saturated rings. The second kappa shape index (κ2) is 16.3. The summed E-state index contributed by atoms with van der Waals surface area (Å²) < 4.78 is 18.5. The summed E-state index contributed by atoms with van der Waals surface area (Å²) in [6, 6.07) is 9.68. The molecule has 0 amide bonds. The van der Waals surface area contributed by atoms with Gasteiger partial charge in [0.2, 0.25) is 11.8 Å². The Bertz CT molecular complexity index is 1130. The van der Waals surface area contributed by atoms with Gasteiger partial charge in [0.1, 0.15) is 0 Å². The number of rotatable bonds is 15. The van der Waals surface area contributed by atoms with E-state index in [0.29, 0.717) is 56.2 Å².